The van der Waals surface area contributed by atoms with E-state index in [0.29, 0.717) is 31.5 Å². The Morgan fingerprint density at radius 1 is 1.47 bits per heavy atom. The van der Waals surface area contributed by atoms with E-state index in [4.69, 9.17) is 19.1 Å². The van der Waals surface area contributed by atoms with Crippen LogP contribution < -0.4 is 0 Å². The van der Waals surface area contributed by atoms with Gasteiger partial charge in [0.15, 0.2) is 11.5 Å². The first kappa shape index (κ1) is 13.7. The molecule has 17 heavy (non-hydrogen) atoms. The molecule has 96 valence electrons. The second-order valence-corrected chi connectivity index (χ2v) is 4.00. The topological polar surface area (TPSA) is 81.8 Å². The van der Waals surface area contributed by atoms with E-state index < -0.39 is 5.97 Å². The van der Waals surface area contributed by atoms with Crippen LogP contribution in [0.2, 0.25) is 0 Å². The van der Waals surface area contributed by atoms with E-state index in [9.17, 15) is 4.79 Å². The monoisotopic (exact) mass is 243 g/mol. The zero-order valence-corrected chi connectivity index (χ0v) is 10.0. The Morgan fingerprint density at radius 2 is 2.18 bits per heavy atom. The third-order valence-corrected chi connectivity index (χ3v) is 1.85. The van der Waals surface area contributed by atoms with Gasteiger partial charge in [0.1, 0.15) is 6.61 Å². The minimum atomic E-state index is -1.11. The fourth-order valence-electron chi connectivity index (χ4n) is 1.09. The van der Waals surface area contributed by atoms with Crippen molar-refractivity contribution < 1.29 is 23.9 Å². The van der Waals surface area contributed by atoms with Crippen molar-refractivity contribution in [2.24, 2.45) is 5.92 Å². The molecule has 1 aromatic heterocycles. The number of carboxylic acid groups (broad SMARTS) is 1. The number of carboxylic acids is 1. The number of aromatic nitrogens is 1. The van der Waals surface area contributed by atoms with Gasteiger partial charge in [-0.1, -0.05) is 19.0 Å². The Bertz CT molecular complexity index is 347. The average Bonchev–Trinajstić information content (AvgIpc) is 2.71. The molecule has 0 aliphatic heterocycles. The number of nitrogens with zero attached hydrogens (tertiary/aromatic N) is 1. The molecular formula is C11H17NO5. The molecule has 0 aromatic carbocycles. The SMILES string of the molecule is CC(C)COCCOCc1cc(C(=O)O)no1. The molecule has 0 atom stereocenters. The normalized spacial score (nSPS) is 11.0. The van der Waals surface area contributed by atoms with Crippen LogP contribution in [-0.4, -0.2) is 36.1 Å². The van der Waals surface area contributed by atoms with Gasteiger partial charge in [-0.25, -0.2) is 4.79 Å². The first-order chi connectivity index (χ1) is 8.09. The highest BCUT2D eigenvalue weighted by Crippen LogP contribution is 2.05. The van der Waals surface area contributed by atoms with Gasteiger partial charge in [-0.15, -0.1) is 0 Å². The van der Waals surface area contributed by atoms with E-state index in [1.54, 1.807) is 0 Å². The highest BCUT2D eigenvalue weighted by molar-refractivity contribution is 5.85. The van der Waals surface area contributed by atoms with Crippen LogP contribution in [0.5, 0.6) is 0 Å². The average molecular weight is 243 g/mol. The first-order valence-corrected chi connectivity index (χ1v) is 5.44. The third-order valence-electron chi connectivity index (χ3n) is 1.85. The van der Waals surface area contributed by atoms with Crippen molar-refractivity contribution in [1.29, 1.82) is 0 Å². The Kier molecular flexibility index (Phi) is 5.65. The molecule has 0 saturated carbocycles. The molecule has 0 bridgehead atoms. The Balaban J connectivity index is 2.11. The minimum absolute atomic E-state index is 0.111. The summed E-state index contributed by atoms with van der Waals surface area (Å²) in [6, 6.07) is 1.34. The van der Waals surface area contributed by atoms with Gasteiger partial charge in [-0.2, -0.15) is 0 Å². The molecule has 1 heterocycles. The standard InChI is InChI=1S/C11H17NO5/c1-8(2)6-15-3-4-16-7-9-5-10(11(13)14)12-17-9/h5,8H,3-4,6-7H2,1-2H3,(H,13,14). The van der Waals surface area contributed by atoms with E-state index in [1.807, 2.05) is 0 Å². The van der Waals surface area contributed by atoms with Crippen LogP contribution in [0.4, 0.5) is 0 Å². The van der Waals surface area contributed by atoms with Crippen molar-refractivity contribution >= 4 is 5.97 Å². The molecule has 0 fully saturated rings. The van der Waals surface area contributed by atoms with Crippen LogP contribution in [0, 0.1) is 5.92 Å². The van der Waals surface area contributed by atoms with Gasteiger partial charge >= 0.3 is 5.97 Å². The van der Waals surface area contributed by atoms with E-state index in [2.05, 4.69) is 19.0 Å². The fraction of sp³-hybridized carbons (Fsp3) is 0.636. The second-order valence-electron chi connectivity index (χ2n) is 4.00. The van der Waals surface area contributed by atoms with E-state index in [0.717, 1.165) is 0 Å². The number of aromatic carboxylic acids is 1. The van der Waals surface area contributed by atoms with Crippen LogP contribution >= 0.6 is 0 Å². The number of hydrogen-bond donors (Lipinski definition) is 1. The summed E-state index contributed by atoms with van der Waals surface area (Å²) in [5, 5.41) is 12.0. The molecule has 0 unspecified atom stereocenters. The maximum atomic E-state index is 10.5. The van der Waals surface area contributed by atoms with Gasteiger partial charge in [0.05, 0.1) is 13.2 Å². The lowest BCUT2D eigenvalue weighted by Gasteiger charge is -2.06. The van der Waals surface area contributed by atoms with Crippen molar-refractivity contribution in [2.75, 3.05) is 19.8 Å². The van der Waals surface area contributed by atoms with Gasteiger partial charge in [-0.05, 0) is 5.92 Å². The largest absolute Gasteiger partial charge is 0.476 e. The molecule has 6 nitrogen and oxygen atoms in total. The summed E-state index contributed by atoms with van der Waals surface area (Å²) in [5.74, 6) is -0.214. The van der Waals surface area contributed by atoms with Gasteiger partial charge in [0.25, 0.3) is 0 Å². The zero-order chi connectivity index (χ0) is 12.7. The molecule has 0 spiro atoms. The summed E-state index contributed by atoms with van der Waals surface area (Å²) in [5.41, 5.74) is -0.111. The molecule has 0 radical (unpaired) electrons. The smallest absolute Gasteiger partial charge is 0.358 e. The summed E-state index contributed by atoms with van der Waals surface area (Å²) >= 11 is 0. The van der Waals surface area contributed by atoms with Gasteiger partial charge < -0.3 is 19.1 Å². The summed E-state index contributed by atoms with van der Waals surface area (Å²) < 4.78 is 15.3. The molecule has 0 saturated heterocycles. The second kappa shape index (κ2) is 7.03. The van der Waals surface area contributed by atoms with E-state index >= 15 is 0 Å². The van der Waals surface area contributed by atoms with Crippen LogP contribution in [0.3, 0.4) is 0 Å². The fourth-order valence-corrected chi connectivity index (χ4v) is 1.09. The van der Waals surface area contributed by atoms with Crippen molar-refractivity contribution in [3.8, 4) is 0 Å². The lowest BCUT2D eigenvalue weighted by molar-refractivity contribution is 0.0250. The van der Waals surface area contributed by atoms with E-state index in [1.165, 1.54) is 6.07 Å². The zero-order valence-electron chi connectivity index (χ0n) is 10.0. The van der Waals surface area contributed by atoms with Crippen molar-refractivity contribution in [3.05, 3.63) is 17.5 Å². The van der Waals surface area contributed by atoms with Crippen LogP contribution in [0.25, 0.3) is 0 Å². The van der Waals surface area contributed by atoms with Gasteiger partial charge in [0, 0.05) is 12.7 Å². The summed E-state index contributed by atoms with van der Waals surface area (Å²) in [6.45, 7) is 6.00. The van der Waals surface area contributed by atoms with Crippen molar-refractivity contribution in [1.82, 2.24) is 5.16 Å². The molecule has 6 heteroatoms. The molecule has 1 rings (SSSR count). The summed E-state index contributed by atoms with van der Waals surface area (Å²) in [4.78, 5) is 10.5. The first-order valence-electron chi connectivity index (χ1n) is 5.44. The highest BCUT2D eigenvalue weighted by Gasteiger charge is 2.10. The van der Waals surface area contributed by atoms with Crippen LogP contribution in [-0.2, 0) is 16.1 Å². The highest BCUT2D eigenvalue weighted by atomic mass is 16.5. The van der Waals surface area contributed by atoms with Crippen LogP contribution in [0.15, 0.2) is 10.6 Å². The molecule has 1 aromatic rings. The van der Waals surface area contributed by atoms with Crippen molar-refractivity contribution in [3.63, 3.8) is 0 Å². The number of ether oxygens (including phenoxy) is 2. The van der Waals surface area contributed by atoms with Gasteiger partial charge in [-0.3, -0.25) is 0 Å². The van der Waals surface area contributed by atoms with Crippen LogP contribution in [0.1, 0.15) is 30.1 Å². The Morgan fingerprint density at radius 3 is 2.76 bits per heavy atom. The minimum Gasteiger partial charge on any atom is -0.476 e. The maximum absolute atomic E-state index is 10.5. The van der Waals surface area contributed by atoms with Gasteiger partial charge in [0.2, 0.25) is 0 Å². The third kappa shape index (κ3) is 5.46. The quantitative estimate of drug-likeness (QED) is 0.698. The maximum Gasteiger partial charge on any atom is 0.358 e. The number of hydrogen-bond acceptors (Lipinski definition) is 5. The van der Waals surface area contributed by atoms with E-state index in [-0.39, 0.29) is 12.3 Å². The molecule has 0 amide bonds. The Hall–Kier alpha value is -1.40. The van der Waals surface area contributed by atoms with Crippen molar-refractivity contribution in [2.45, 2.75) is 20.5 Å². The lowest BCUT2D eigenvalue weighted by atomic mass is 10.2. The molecular weight excluding hydrogens is 226 g/mol. The summed E-state index contributed by atoms with van der Waals surface area (Å²) in [7, 11) is 0. The predicted octanol–water partition coefficient (Wildman–Crippen LogP) is 1.56. The molecule has 0 aliphatic rings. The number of rotatable bonds is 8. The lowest BCUT2D eigenvalue weighted by Crippen LogP contribution is -2.08. The molecule has 0 aliphatic carbocycles. The predicted molar refractivity (Wildman–Crippen MR) is 58.8 cm³/mol. The molecule has 1 N–H and O–H groups in total. The number of carbonyl (C=O) groups is 1. The Labute approximate surface area is 99.5 Å². The summed E-state index contributed by atoms with van der Waals surface area (Å²) in [6.07, 6.45) is 0.